The molecule has 2 heterocycles. The van der Waals surface area contributed by atoms with E-state index in [1.165, 1.54) is 5.01 Å². The van der Waals surface area contributed by atoms with Gasteiger partial charge < -0.3 is 14.8 Å². The van der Waals surface area contributed by atoms with E-state index in [9.17, 15) is 9.59 Å². The van der Waals surface area contributed by atoms with E-state index in [0.29, 0.717) is 30.4 Å². The highest BCUT2D eigenvalue weighted by atomic mass is 16.5. The third-order valence-corrected chi connectivity index (χ3v) is 4.69. The van der Waals surface area contributed by atoms with Gasteiger partial charge in [-0.15, -0.1) is 0 Å². The summed E-state index contributed by atoms with van der Waals surface area (Å²) >= 11 is 0. The predicted molar refractivity (Wildman–Crippen MR) is 108 cm³/mol. The summed E-state index contributed by atoms with van der Waals surface area (Å²) in [5, 5.41) is 4.24. The molecule has 0 fully saturated rings. The molecule has 8 nitrogen and oxygen atoms in total. The topological polar surface area (TPSA) is 92.3 Å². The zero-order valence-corrected chi connectivity index (χ0v) is 16.1. The Balaban J connectivity index is 1.45. The number of anilines is 1. The normalized spacial score (nSPS) is 16.9. The van der Waals surface area contributed by atoms with Crippen LogP contribution in [0.1, 0.15) is 24.9 Å². The van der Waals surface area contributed by atoms with Gasteiger partial charge in [0, 0.05) is 6.42 Å². The number of carbonyl (C=O) groups excluding carboxylic acids is 2. The molecule has 150 valence electrons. The maximum Gasteiger partial charge on any atom is 0.288 e. The summed E-state index contributed by atoms with van der Waals surface area (Å²) in [6.45, 7) is 3.01. The van der Waals surface area contributed by atoms with Gasteiger partial charge in [-0.3, -0.25) is 20.0 Å². The van der Waals surface area contributed by atoms with E-state index in [-0.39, 0.29) is 24.3 Å². The van der Waals surface area contributed by atoms with Crippen LogP contribution in [0.3, 0.4) is 0 Å². The standard InChI is InChI=1S/C21H22N4O4/c1-14(15-8-9-17-18(12-15)29-11-5-10-28-17)23-21(27)20-22-13-19(26)25(24-20)16-6-3-2-4-7-16/h2-4,6-9,12,14H,5,10-11,13H2,1H3,(H,22,24)(H,23,27)/t14-/m1/s1. The van der Waals surface area contributed by atoms with Crippen molar-refractivity contribution in [2.45, 2.75) is 19.4 Å². The van der Waals surface area contributed by atoms with Gasteiger partial charge in [0.05, 0.1) is 24.9 Å². The smallest absolute Gasteiger partial charge is 0.288 e. The molecule has 0 unspecified atom stereocenters. The van der Waals surface area contributed by atoms with Crippen LogP contribution in [-0.4, -0.2) is 37.4 Å². The van der Waals surface area contributed by atoms with Gasteiger partial charge in [-0.2, -0.15) is 0 Å². The SMILES string of the molecule is C[C@@H](NC(=O)C1=NCC(=O)N(c2ccccc2)N1)c1ccc2c(c1)OCCCO2. The number of para-hydroxylation sites is 1. The van der Waals surface area contributed by atoms with Crippen molar-refractivity contribution < 1.29 is 19.1 Å². The van der Waals surface area contributed by atoms with E-state index in [0.717, 1.165) is 12.0 Å². The minimum atomic E-state index is -0.391. The number of hydrazine groups is 1. The Hall–Kier alpha value is -3.55. The number of hydrogen-bond donors (Lipinski definition) is 2. The average molecular weight is 394 g/mol. The third-order valence-electron chi connectivity index (χ3n) is 4.69. The number of amidine groups is 1. The molecular weight excluding hydrogens is 372 g/mol. The molecule has 2 aliphatic heterocycles. The average Bonchev–Trinajstić information content (AvgIpc) is 2.99. The largest absolute Gasteiger partial charge is 0.490 e. The highest BCUT2D eigenvalue weighted by molar-refractivity contribution is 6.39. The first kappa shape index (κ1) is 18.8. The quantitative estimate of drug-likeness (QED) is 0.827. The highest BCUT2D eigenvalue weighted by Gasteiger charge is 2.26. The molecule has 2 N–H and O–H groups in total. The van der Waals surface area contributed by atoms with E-state index in [4.69, 9.17) is 9.47 Å². The summed E-state index contributed by atoms with van der Waals surface area (Å²) in [6, 6.07) is 14.4. The molecule has 1 atom stereocenters. The number of hydrogen-bond acceptors (Lipinski definition) is 6. The molecule has 2 aromatic rings. The van der Waals surface area contributed by atoms with Crippen LogP contribution in [0.15, 0.2) is 53.5 Å². The lowest BCUT2D eigenvalue weighted by atomic mass is 10.1. The van der Waals surface area contributed by atoms with Crippen molar-refractivity contribution in [2.24, 2.45) is 4.99 Å². The monoisotopic (exact) mass is 394 g/mol. The number of nitrogens with one attached hydrogen (secondary N) is 2. The molecule has 4 rings (SSSR count). The first-order chi connectivity index (χ1) is 14.1. The van der Waals surface area contributed by atoms with E-state index < -0.39 is 5.91 Å². The maximum absolute atomic E-state index is 12.7. The maximum atomic E-state index is 12.7. The number of rotatable bonds is 4. The molecule has 0 aromatic heterocycles. The number of benzene rings is 2. The van der Waals surface area contributed by atoms with Crippen molar-refractivity contribution in [3.63, 3.8) is 0 Å². The van der Waals surface area contributed by atoms with Crippen molar-refractivity contribution in [2.75, 3.05) is 24.8 Å². The Morgan fingerprint density at radius 2 is 1.90 bits per heavy atom. The van der Waals surface area contributed by atoms with E-state index in [2.05, 4.69) is 15.7 Å². The zero-order chi connectivity index (χ0) is 20.2. The Morgan fingerprint density at radius 3 is 2.69 bits per heavy atom. The molecule has 0 spiro atoms. The Kier molecular flexibility index (Phi) is 5.33. The summed E-state index contributed by atoms with van der Waals surface area (Å²) in [4.78, 5) is 29.0. The fourth-order valence-corrected chi connectivity index (χ4v) is 3.13. The van der Waals surface area contributed by atoms with Crippen molar-refractivity contribution >= 4 is 23.3 Å². The molecule has 8 heteroatoms. The Labute approximate surface area is 168 Å². The third kappa shape index (κ3) is 4.16. The van der Waals surface area contributed by atoms with E-state index >= 15 is 0 Å². The number of amides is 2. The van der Waals surface area contributed by atoms with E-state index in [1.54, 1.807) is 12.1 Å². The van der Waals surface area contributed by atoms with Crippen molar-refractivity contribution in [3.05, 3.63) is 54.1 Å². The molecule has 0 saturated heterocycles. The molecule has 0 bridgehead atoms. The lowest BCUT2D eigenvalue weighted by Crippen LogP contribution is -2.56. The minimum Gasteiger partial charge on any atom is -0.490 e. The van der Waals surface area contributed by atoms with Gasteiger partial charge in [0.15, 0.2) is 11.5 Å². The number of fused-ring (bicyclic) bond motifs is 1. The molecule has 2 aromatic carbocycles. The van der Waals surface area contributed by atoms with Gasteiger partial charge in [0.25, 0.3) is 11.8 Å². The molecule has 0 radical (unpaired) electrons. The van der Waals surface area contributed by atoms with Gasteiger partial charge in [0.1, 0.15) is 6.54 Å². The summed E-state index contributed by atoms with van der Waals surface area (Å²) in [5.74, 6) is 0.853. The predicted octanol–water partition coefficient (Wildman–Crippen LogP) is 1.97. The molecular formula is C21H22N4O4. The van der Waals surface area contributed by atoms with Crippen molar-refractivity contribution in [3.8, 4) is 11.5 Å². The first-order valence-electron chi connectivity index (χ1n) is 9.51. The van der Waals surface area contributed by atoms with Gasteiger partial charge in [-0.1, -0.05) is 24.3 Å². The van der Waals surface area contributed by atoms with Crippen LogP contribution in [0, 0.1) is 0 Å². The van der Waals surface area contributed by atoms with Crippen LogP contribution in [-0.2, 0) is 9.59 Å². The van der Waals surface area contributed by atoms with Crippen molar-refractivity contribution in [1.29, 1.82) is 0 Å². The second-order valence-electron chi connectivity index (χ2n) is 6.79. The molecule has 0 saturated carbocycles. The highest BCUT2D eigenvalue weighted by Crippen LogP contribution is 2.32. The van der Waals surface area contributed by atoms with Crippen LogP contribution >= 0.6 is 0 Å². The summed E-state index contributed by atoms with van der Waals surface area (Å²) in [5.41, 5.74) is 4.34. The summed E-state index contributed by atoms with van der Waals surface area (Å²) in [6.07, 6.45) is 0.832. The van der Waals surface area contributed by atoms with Crippen molar-refractivity contribution in [1.82, 2.24) is 10.7 Å². The first-order valence-corrected chi connectivity index (χ1v) is 9.51. The number of aliphatic imine (C=N–C) groups is 1. The lowest BCUT2D eigenvalue weighted by molar-refractivity contribution is -0.118. The van der Waals surface area contributed by atoms with Crippen LogP contribution in [0.25, 0.3) is 0 Å². The van der Waals surface area contributed by atoms with Crippen LogP contribution in [0.2, 0.25) is 0 Å². The van der Waals surface area contributed by atoms with Gasteiger partial charge >= 0.3 is 0 Å². The lowest BCUT2D eigenvalue weighted by Gasteiger charge is -2.28. The van der Waals surface area contributed by atoms with Crippen LogP contribution < -0.4 is 25.2 Å². The number of nitrogens with zero attached hydrogens (tertiary/aromatic N) is 2. The van der Waals surface area contributed by atoms with E-state index in [1.807, 2.05) is 43.3 Å². The van der Waals surface area contributed by atoms with Gasteiger partial charge in [-0.25, -0.2) is 5.01 Å². The second kappa shape index (κ2) is 8.22. The second-order valence-corrected chi connectivity index (χ2v) is 6.79. The molecule has 29 heavy (non-hydrogen) atoms. The Morgan fingerprint density at radius 1 is 1.14 bits per heavy atom. The minimum absolute atomic E-state index is 0.0923. The Bertz CT molecular complexity index is 945. The van der Waals surface area contributed by atoms with Gasteiger partial charge in [-0.05, 0) is 36.8 Å². The number of ether oxygens (including phenoxy) is 2. The summed E-state index contributed by atoms with van der Waals surface area (Å²) < 4.78 is 11.4. The fourth-order valence-electron chi connectivity index (χ4n) is 3.13. The van der Waals surface area contributed by atoms with Crippen LogP contribution in [0.5, 0.6) is 11.5 Å². The molecule has 2 amide bonds. The number of carbonyl (C=O) groups is 2. The van der Waals surface area contributed by atoms with Gasteiger partial charge in [0.2, 0.25) is 5.84 Å². The summed E-state index contributed by atoms with van der Waals surface area (Å²) in [7, 11) is 0. The molecule has 2 aliphatic rings. The fraction of sp³-hybridized carbons (Fsp3) is 0.286. The van der Waals surface area contributed by atoms with Crippen LogP contribution in [0.4, 0.5) is 5.69 Å². The zero-order valence-electron chi connectivity index (χ0n) is 16.1. The molecule has 0 aliphatic carbocycles.